The zero-order valence-corrected chi connectivity index (χ0v) is 21.5. The molecule has 2 fully saturated rings. The minimum atomic E-state index is -0.0525. The summed E-state index contributed by atoms with van der Waals surface area (Å²) < 4.78 is 0. The Bertz CT molecular complexity index is 1090. The van der Waals surface area contributed by atoms with Gasteiger partial charge < -0.3 is 15.1 Å². The third-order valence-corrected chi connectivity index (χ3v) is 8.41. The maximum Gasteiger partial charge on any atom is 0.170 e. The summed E-state index contributed by atoms with van der Waals surface area (Å²) in [5, 5.41) is 5.23. The lowest BCUT2D eigenvalue weighted by Gasteiger charge is -2.42. The Labute approximate surface area is 208 Å². The smallest absolute Gasteiger partial charge is 0.170 e. The SMILES string of the molecule is CC1=CC(C)(C)N(C)c2cc(Cl)c([C@H]3[C@H](c4ccccn4)NC(=S)N3C3CCCCC3)cc21. The van der Waals surface area contributed by atoms with Crippen LogP contribution in [0.1, 0.15) is 81.8 Å². The van der Waals surface area contributed by atoms with Crippen LogP contribution in [0, 0.1) is 0 Å². The van der Waals surface area contributed by atoms with E-state index in [1.165, 1.54) is 48.9 Å². The number of fused-ring (bicyclic) bond motifs is 1. The minimum Gasteiger partial charge on any atom is -0.365 e. The number of likely N-dealkylation sites (N-methyl/N-ethyl adjacent to an activating group) is 1. The Morgan fingerprint density at radius 2 is 1.91 bits per heavy atom. The summed E-state index contributed by atoms with van der Waals surface area (Å²) >= 11 is 13.0. The van der Waals surface area contributed by atoms with Crippen molar-refractivity contribution in [3.05, 3.63) is 64.4 Å². The molecule has 174 valence electrons. The first-order valence-electron chi connectivity index (χ1n) is 12.0. The van der Waals surface area contributed by atoms with Crippen molar-refractivity contribution in [2.24, 2.45) is 0 Å². The van der Waals surface area contributed by atoms with E-state index in [4.69, 9.17) is 28.8 Å². The Hall–Kier alpha value is -2.11. The third-order valence-electron chi connectivity index (χ3n) is 7.76. The molecule has 3 aliphatic rings. The first kappa shape index (κ1) is 22.7. The molecule has 1 aliphatic carbocycles. The number of hydrogen-bond acceptors (Lipinski definition) is 3. The van der Waals surface area contributed by atoms with Crippen LogP contribution in [0.15, 0.2) is 42.6 Å². The van der Waals surface area contributed by atoms with Gasteiger partial charge in [0.15, 0.2) is 5.11 Å². The Kier molecular flexibility index (Phi) is 5.90. The van der Waals surface area contributed by atoms with E-state index in [2.05, 4.69) is 67.2 Å². The highest BCUT2D eigenvalue weighted by atomic mass is 35.5. The van der Waals surface area contributed by atoms with Gasteiger partial charge in [0.1, 0.15) is 0 Å². The molecule has 0 spiro atoms. The quantitative estimate of drug-likeness (QED) is 0.495. The molecule has 4 nitrogen and oxygen atoms in total. The Morgan fingerprint density at radius 1 is 1.15 bits per heavy atom. The molecule has 1 aromatic heterocycles. The molecule has 0 radical (unpaired) electrons. The van der Waals surface area contributed by atoms with Crippen LogP contribution in [-0.2, 0) is 0 Å². The van der Waals surface area contributed by atoms with E-state index in [1.54, 1.807) is 0 Å². The molecular formula is C27H33ClN4S. The van der Waals surface area contributed by atoms with Crippen molar-refractivity contribution in [2.75, 3.05) is 11.9 Å². The number of nitrogens with one attached hydrogen (secondary N) is 1. The number of thiocarbonyl (C=S) groups is 1. The van der Waals surface area contributed by atoms with Gasteiger partial charge in [-0.2, -0.15) is 0 Å². The van der Waals surface area contributed by atoms with Gasteiger partial charge in [0.2, 0.25) is 0 Å². The number of pyridine rings is 1. The van der Waals surface area contributed by atoms with E-state index in [-0.39, 0.29) is 17.6 Å². The number of nitrogens with zero attached hydrogens (tertiary/aromatic N) is 3. The highest BCUT2D eigenvalue weighted by molar-refractivity contribution is 7.80. The third kappa shape index (κ3) is 3.93. The second-order valence-electron chi connectivity index (χ2n) is 10.3. The molecule has 6 heteroatoms. The lowest BCUT2D eigenvalue weighted by molar-refractivity contribution is 0.197. The van der Waals surface area contributed by atoms with Gasteiger partial charge in [0.05, 0.1) is 23.3 Å². The lowest BCUT2D eigenvalue weighted by Crippen LogP contribution is -2.42. The minimum absolute atomic E-state index is 0.0151. The van der Waals surface area contributed by atoms with Crippen molar-refractivity contribution < 1.29 is 0 Å². The standard InChI is InChI=1S/C27H33ClN4S/c1-17-16-27(2,3)31(4)23-15-21(28)20(14-19(17)23)25-24(22-12-8-9-13-29-22)30-26(33)32(25)18-10-6-5-7-11-18/h8-9,12-16,18,24-25H,5-7,10-11H2,1-4H3,(H,30,33)/t24-,25-/m0/s1. The molecule has 0 unspecified atom stereocenters. The average molecular weight is 481 g/mol. The second kappa shape index (κ2) is 8.59. The molecule has 5 rings (SSSR count). The van der Waals surface area contributed by atoms with Crippen LogP contribution in [0.5, 0.6) is 0 Å². The number of halogens is 1. The maximum absolute atomic E-state index is 7.09. The first-order chi connectivity index (χ1) is 15.8. The van der Waals surface area contributed by atoms with Crippen molar-refractivity contribution in [3.63, 3.8) is 0 Å². The molecule has 1 saturated heterocycles. The molecule has 2 aromatic rings. The van der Waals surface area contributed by atoms with Crippen LogP contribution in [0.4, 0.5) is 5.69 Å². The van der Waals surface area contributed by atoms with Crippen LogP contribution in [0.2, 0.25) is 5.02 Å². The summed E-state index contributed by atoms with van der Waals surface area (Å²) in [6, 6.07) is 11.0. The molecule has 3 heterocycles. The number of anilines is 1. The fourth-order valence-electron chi connectivity index (χ4n) is 5.86. The van der Waals surface area contributed by atoms with E-state index < -0.39 is 0 Å². The molecule has 0 amide bonds. The van der Waals surface area contributed by atoms with Gasteiger partial charge in [-0.05, 0) is 81.2 Å². The molecular weight excluding hydrogens is 448 g/mol. The van der Waals surface area contributed by atoms with Crippen LogP contribution in [-0.4, -0.2) is 33.6 Å². The second-order valence-corrected chi connectivity index (χ2v) is 11.1. The van der Waals surface area contributed by atoms with Gasteiger partial charge in [-0.15, -0.1) is 0 Å². The van der Waals surface area contributed by atoms with Crippen LogP contribution in [0.3, 0.4) is 0 Å². The van der Waals surface area contributed by atoms with Crippen molar-refractivity contribution in [3.8, 4) is 0 Å². The zero-order chi connectivity index (χ0) is 23.3. The van der Waals surface area contributed by atoms with E-state index >= 15 is 0 Å². The summed E-state index contributed by atoms with van der Waals surface area (Å²) in [5.41, 5.74) is 5.80. The topological polar surface area (TPSA) is 31.4 Å². The highest BCUT2D eigenvalue weighted by Crippen LogP contribution is 2.48. The normalized spacial score (nSPS) is 25.0. The fraction of sp³-hybridized carbons (Fsp3) is 0.481. The number of hydrogen-bond donors (Lipinski definition) is 1. The van der Waals surface area contributed by atoms with E-state index in [1.807, 2.05) is 18.3 Å². The van der Waals surface area contributed by atoms with Crippen molar-refractivity contribution in [2.45, 2.75) is 76.5 Å². The summed E-state index contributed by atoms with van der Waals surface area (Å²) in [7, 11) is 2.15. The molecule has 0 bridgehead atoms. The van der Waals surface area contributed by atoms with Crippen LogP contribution < -0.4 is 10.2 Å². The molecule has 1 N–H and O–H groups in total. The maximum atomic E-state index is 7.09. The van der Waals surface area contributed by atoms with Gasteiger partial charge in [0, 0.05) is 35.6 Å². The van der Waals surface area contributed by atoms with Crippen molar-refractivity contribution in [1.29, 1.82) is 0 Å². The largest absolute Gasteiger partial charge is 0.365 e. The summed E-state index contributed by atoms with van der Waals surface area (Å²) in [4.78, 5) is 9.46. The number of aromatic nitrogens is 1. The van der Waals surface area contributed by atoms with Gasteiger partial charge >= 0.3 is 0 Å². The molecule has 2 aliphatic heterocycles. The summed E-state index contributed by atoms with van der Waals surface area (Å²) in [5.74, 6) is 0. The Balaban J connectivity index is 1.65. The zero-order valence-electron chi connectivity index (χ0n) is 19.9. The molecule has 1 aromatic carbocycles. The summed E-state index contributed by atoms with van der Waals surface area (Å²) in [6.07, 6.45) is 10.4. The Morgan fingerprint density at radius 3 is 2.61 bits per heavy atom. The van der Waals surface area contributed by atoms with Crippen molar-refractivity contribution >= 4 is 40.2 Å². The van der Waals surface area contributed by atoms with Gasteiger partial charge in [-0.25, -0.2) is 0 Å². The fourth-order valence-corrected chi connectivity index (χ4v) is 6.52. The highest BCUT2D eigenvalue weighted by Gasteiger charge is 2.44. The van der Waals surface area contributed by atoms with Crippen LogP contribution >= 0.6 is 23.8 Å². The van der Waals surface area contributed by atoms with Gasteiger partial charge in [-0.3, -0.25) is 4.98 Å². The van der Waals surface area contributed by atoms with E-state index in [0.29, 0.717) is 6.04 Å². The average Bonchev–Trinajstić information content (AvgIpc) is 3.15. The predicted octanol–water partition coefficient (Wildman–Crippen LogP) is 6.67. The first-order valence-corrected chi connectivity index (χ1v) is 12.8. The van der Waals surface area contributed by atoms with E-state index in [9.17, 15) is 0 Å². The number of allylic oxidation sites excluding steroid dienone is 1. The lowest BCUT2D eigenvalue weighted by atomic mass is 9.85. The molecule has 2 atom stereocenters. The molecule has 1 saturated carbocycles. The summed E-state index contributed by atoms with van der Waals surface area (Å²) in [6.45, 7) is 6.68. The van der Waals surface area contributed by atoms with E-state index in [0.717, 1.165) is 21.4 Å². The molecule has 33 heavy (non-hydrogen) atoms. The monoisotopic (exact) mass is 480 g/mol. The predicted molar refractivity (Wildman–Crippen MR) is 142 cm³/mol. The van der Waals surface area contributed by atoms with Crippen LogP contribution in [0.25, 0.3) is 5.57 Å². The van der Waals surface area contributed by atoms with Gasteiger partial charge in [-0.1, -0.05) is 43.0 Å². The van der Waals surface area contributed by atoms with Crippen molar-refractivity contribution in [1.82, 2.24) is 15.2 Å². The number of benzene rings is 1. The number of rotatable bonds is 3. The van der Waals surface area contributed by atoms with Gasteiger partial charge in [0.25, 0.3) is 0 Å².